The molecule has 1 aromatic rings. The van der Waals surface area contributed by atoms with Crippen molar-refractivity contribution in [3.63, 3.8) is 0 Å². The van der Waals surface area contributed by atoms with Crippen LogP contribution in [-0.4, -0.2) is 44.5 Å². The number of carbonyl (C=O) groups excluding carboxylic acids is 2. The molecule has 0 radical (unpaired) electrons. The second-order valence-corrected chi connectivity index (χ2v) is 5.95. The number of anilines is 2. The summed E-state index contributed by atoms with van der Waals surface area (Å²) < 4.78 is 0. The number of nitrogens with one attached hydrogen (secondary N) is 3. The molecule has 22 heavy (non-hydrogen) atoms. The van der Waals surface area contributed by atoms with Crippen LogP contribution in [0.15, 0.2) is 18.2 Å². The van der Waals surface area contributed by atoms with Gasteiger partial charge < -0.3 is 20.9 Å². The summed E-state index contributed by atoms with van der Waals surface area (Å²) >= 11 is 0. The minimum atomic E-state index is -0.0994. The van der Waals surface area contributed by atoms with Crippen LogP contribution in [0.25, 0.3) is 0 Å². The maximum atomic E-state index is 12.3. The lowest BCUT2D eigenvalue weighted by Crippen LogP contribution is -2.37. The van der Waals surface area contributed by atoms with Crippen LogP contribution in [-0.2, 0) is 4.79 Å². The zero-order valence-electron chi connectivity index (χ0n) is 12.8. The lowest BCUT2D eigenvalue weighted by molar-refractivity contribution is -0.115. The van der Waals surface area contributed by atoms with Crippen LogP contribution in [0, 0.1) is 0 Å². The summed E-state index contributed by atoms with van der Waals surface area (Å²) in [4.78, 5) is 26.0. The van der Waals surface area contributed by atoms with Crippen molar-refractivity contribution < 1.29 is 9.59 Å². The third-order valence-corrected chi connectivity index (χ3v) is 4.29. The predicted molar refractivity (Wildman–Crippen MR) is 86.3 cm³/mol. The molecule has 2 aliphatic heterocycles. The normalized spacial score (nSPS) is 21.0. The fraction of sp³-hybridized carbons (Fsp3) is 0.500. The Kier molecular flexibility index (Phi) is 4.29. The molecule has 3 N–H and O–H groups in total. The van der Waals surface area contributed by atoms with Crippen molar-refractivity contribution in [1.29, 1.82) is 0 Å². The Bertz CT molecular complexity index is 582. The van der Waals surface area contributed by atoms with E-state index in [1.165, 1.54) is 0 Å². The van der Waals surface area contributed by atoms with E-state index in [0.29, 0.717) is 36.8 Å². The molecule has 3 rings (SSSR count). The Morgan fingerprint density at radius 3 is 3.09 bits per heavy atom. The van der Waals surface area contributed by atoms with Crippen molar-refractivity contribution in [2.45, 2.75) is 25.3 Å². The number of hydrogen-bond donors (Lipinski definition) is 3. The van der Waals surface area contributed by atoms with Gasteiger partial charge in [0.1, 0.15) is 0 Å². The highest BCUT2D eigenvalue weighted by Crippen LogP contribution is 2.28. The number of carbonyl (C=O) groups is 2. The summed E-state index contributed by atoms with van der Waals surface area (Å²) in [5, 5.41) is 9.19. The average molecular weight is 302 g/mol. The van der Waals surface area contributed by atoms with Gasteiger partial charge in [0.05, 0.1) is 11.4 Å². The van der Waals surface area contributed by atoms with E-state index in [2.05, 4.69) is 16.0 Å². The predicted octanol–water partition coefficient (Wildman–Crippen LogP) is 0.947. The van der Waals surface area contributed by atoms with Crippen LogP contribution in [0.2, 0.25) is 0 Å². The zero-order valence-corrected chi connectivity index (χ0v) is 12.8. The Hall–Kier alpha value is -2.08. The van der Waals surface area contributed by atoms with Gasteiger partial charge in [-0.25, -0.2) is 0 Å². The largest absolute Gasteiger partial charge is 0.372 e. The van der Waals surface area contributed by atoms with Gasteiger partial charge in [-0.15, -0.1) is 0 Å². The second kappa shape index (κ2) is 6.36. The van der Waals surface area contributed by atoms with Gasteiger partial charge in [0.2, 0.25) is 5.91 Å². The lowest BCUT2D eigenvalue weighted by Gasteiger charge is -2.19. The molecule has 0 spiro atoms. The number of rotatable bonds is 3. The minimum Gasteiger partial charge on any atom is -0.372 e. The van der Waals surface area contributed by atoms with Gasteiger partial charge >= 0.3 is 0 Å². The SMILES string of the molecule is CN1CCC(=O)Nc2cc(C(=O)NCC3CCCN3)ccc21. The van der Waals surface area contributed by atoms with Crippen molar-refractivity contribution in [3.05, 3.63) is 23.8 Å². The van der Waals surface area contributed by atoms with E-state index in [1.54, 1.807) is 6.07 Å². The molecule has 1 fully saturated rings. The number of fused-ring (bicyclic) bond motifs is 1. The molecule has 1 aromatic carbocycles. The summed E-state index contributed by atoms with van der Waals surface area (Å²) in [5.74, 6) is -0.115. The molecule has 2 amide bonds. The van der Waals surface area contributed by atoms with Crippen LogP contribution >= 0.6 is 0 Å². The fourth-order valence-electron chi connectivity index (χ4n) is 2.96. The number of hydrogen-bond acceptors (Lipinski definition) is 4. The van der Waals surface area contributed by atoms with Crippen LogP contribution in [0.4, 0.5) is 11.4 Å². The Labute approximate surface area is 130 Å². The molecule has 6 nitrogen and oxygen atoms in total. The van der Waals surface area contributed by atoms with Crippen molar-refractivity contribution in [1.82, 2.24) is 10.6 Å². The van der Waals surface area contributed by atoms with E-state index in [-0.39, 0.29) is 11.8 Å². The Balaban J connectivity index is 1.71. The van der Waals surface area contributed by atoms with E-state index in [1.807, 2.05) is 24.1 Å². The van der Waals surface area contributed by atoms with E-state index in [9.17, 15) is 9.59 Å². The van der Waals surface area contributed by atoms with Crippen LogP contribution < -0.4 is 20.9 Å². The quantitative estimate of drug-likeness (QED) is 0.777. The average Bonchev–Trinajstić information content (AvgIpc) is 2.98. The van der Waals surface area contributed by atoms with Crippen molar-refractivity contribution >= 4 is 23.2 Å². The highest BCUT2D eigenvalue weighted by molar-refractivity contribution is 6.00. The third-order valence-electron chi connectivity index (χ3n) is 4.29. The van der Waals surface area contributed by atoms with E-state index < -0.39 is 0 Å². The van der Waals surface area contributed by atoms with Gasteiger partial charge in [-0.3, -0.25) is 9.59 Å². The summed E-state index contributed by atoms with van der Waals surface area (Å²) in [7, 11) is 1.95. The van der Waals surface area contributed by atoms with E-state index in [4.69, 9.17) is 0 Å². The van der Waals surface area contributed by atoms with Gasteiger partial charge in [-0.1, -0.05) is 0 Å². The fourth-order valence-corrected chi connectivity index (χ4v) is 2.96. The van der Waals surface area contributed by atoms with Gasteiger partial charge in [0.15, 0.2) is 0 Å². The molecule has 118 valence electrons. The standard InChI is InChI=1S/C16H22N4O2/c1-20-8-6-15(21)19-13-9-11(4-5-14(13)20)16(22)18-10-12-3-2-7-17-12/h4-5,9,12,17H,2-3,6-8,10H2,1H3,(H,18,22)(H,19,21). The van der Waals surface area contributed by atoms with Crippen molar-refractivity contribution in [2.24, 2.45) is 0 Å². The number of benzene rings is 1. The first-order valence-electron chi connectivity index (χ1n) is 7.80. The first kappa shape index (κ1) is 14.8. The van der Waals surface area contributed by atoms with E-state index in [0.717, 1.165) is 25.1 Å². The molecular weight excluding hydrogens is 280 g/mol. The monoisotopic (exact) mass is 302 g/mol. The molecule has 1 unspecified atom stereocenters. The van der Waals surface area contributed by atoms with Gasteiger partial charge in [0, 0.05) is 38.2 Å². The lowest BCUT2D eigenvalue weighted by atomic mass is 10.1. The molecule has 1 atom stereocenters. The maximum absolute atomic E-state index is 12.3. The smallest absolute Gasteiger partial charge is 0.251 e. The van der Waals surface area contributed by atoms with Gasteiger partial charge in [-0.05, 0) is 37.6 Å². The molecule has 1 saturated heterocycles. The highest BCUT2D eigenvalue weighted by Gasteiger charge is 2.19. The first-order chi connectivity index (χ1) is 10.6. The van der Waals surface area contributed by atoms with Crippen molar-refractivity contribution in [2.75, 3.05) is 36.9 Å². The summed E-state index contributed by atoms with van der Waals surface area (Å²) in [6, 6.07) is 5.83. The Morgan fingerprint density at radius 1 is 1.45 bits per heavy atom. The van der Waals surface area contributed by atoms with Crippen LogP contribution in [0.1, 0.15) is 29.6 Å². The molecule has 0 bridgehead atoms. The van der Waals surface area contributed by atoms with Gasteiger partial charge in [-0.2, -0.15) is 0 Å². The van der Waals surface area contributed by atoms with Crippen LogP contribution in [0.5, 0.6) is 0 Å². The molecule has 6 heteroatoms. The number of amides is 2. The third kappa shape index (κ3) is 3.22. The molecule has 2 heterocycles. The molecule has 0 aliphatic carbocycles. The van der Waals surface area contributed by atoms with E-state index >= 15 is 0 Å². The Morgan fingerprint density at radius 2 is 2.32 bits per heavy atom. The van der Waals surface area contributed by atoms with Crippen molar-refractivity contribution in [3.8, 4) is 0 Å². The molecule has 0 aromatic heterocycles. The van der Waals surface area contributed by atoms with Crippen LogP contribution in [0.3, 0.4) is 0 Å². The molecule has 2 aliphatic rings. The molecular formula is C16H22N4O2. The highest BCUT2D eigenvalue weighted by atomic mass is 16.2. The topological polar surface area (TPSA) is 73.5 Å². The second-order valence-electron chi connectivity index (χ2n) is 5.95. The maximum Gasteiger partial charge on any atom is 0.251 e. The number of nitrogens with zero attached hydrogens (tertiary/aromatic N) is 1. The summed E-state index contributed by atoms with van der Waals surface area (Å²) in [6.07, 6.45) is 2.73. The molecule has 0 saturated carbocycles. The summed E-state index contributed by atoms with van der Waals surface area (Å²) in [6.45, 7) is 2.34. The minimum absolute atomic E-state index is 0.0155. The first-order valence-corrected chi connectivity index (χ1v) is 7.80. The van der Waals surface area contributed by atoms with Gasteiger partial charge in [0.25, 0.3) is 5.91 Å². The zero-order chi connectivity index (χ0) is 15.5. The summed E-state index contributed by atoms with van der Waals surface area (Å²) in [5.41, 5.74) is 2.23.